The predicted octanol–water partition coefficient (Wildman–Crippen LogP) is 5.37. The van der Waals surface area contributed by atoms with E-state index in [0.29, 0.717) is 32.9 Å². The molecule has 0 spiro atoms. The third-order valence-corrected chi connectivity index (χ3v) is 5.53. The van der Waals surface area contributed by atoms with E-state index in [1.807, 2.05) is 12.1 Å². The average molecular weight is 392 g/mol. The topological polar surface area (TPSA) is 58.4 Å². The highest BCUT2D eigenvalue weighted by Gasteiger charge is 2.20. The number of carbonyl (C=O) groups excluding carboxylic acids is 1. The Morgan fingerprint density at radius 2 is 2.00 bits per heavy atom. The Morgan fingerprint density at radius 1 is 1.23 bits per heavy atom. The number of benzene rings is 2. The van der Waals surface area contributed by atoms with Gasteiger partial charge in [0.05, 0.1) is 21.4 Å². The number of nitrogens with zero attached hydrogens (tertiary/aromatic N) is 1. The molecular weight excluding hydrogens is 369 g/mol. The second-order valence-corrected chi connectivity index (χ2v) is 7.82. The molecule has 3 N–H and O–H groups in total. The fraction of sp³-hybridized carbons (Fsp3) is 0.350. The van der Waals surface area contributed by atoms with Crippen LogP contribution in [0, 0.1) is 12.8 Å². The summed E-state index contributed by atoms with van der Waals surface area (Å²) in [5.41, 5.74) is 9.98. The van der Waals surface area contributed by atoms with E-state index >= 15 is 0 Å². The lowest BCUT2D eigenvalue weighted by atomic mass is 9.98. The lowest BCUT2D eigenvalue weighted by Crippen LogP contribution is -2.34. The lowest BCUT2D eigenvalue weighted by molar-refractivity contribution is 0.102. The molecule has 4 nitrogen and oxygen atoms in total. The van der Waals surface area contributed by atoms with Crippen molar-refractivity contribution in [2.24, 2.45) is 5.92 Å². The summed E-state index contributed by atoms with van der Waals surface area (Å²) in [6, 6.07) is 8.69. The average Bonchev–Trinajstić information content (AvgIpc) is 2.59. The molecule has 1 aliphatic rings. The number of anilines is 3. The molecule has 138 valence electrons. The second-order valence-electron chi connectivity index (χ2n) is 7.00. The van der Waals surface area contributed by atoms with Gasteiger partial charge in [-0.1, -0.05) is 30.1 Å². The first kappa shape index (κ1) is 18.9. The van der Waals surface area contributed by atoms with Crippen LogP contribution in [0.25, 0.3) is 0 Å². The van der Waals surface area contributed by atoms with Crippen LogP contribution in [0.4, 0.5) is 17.1 Å². The van der Waals surface area contributed by atoms with Gasteiger partial charge in [-0.15, -0.1) is 0 Å². The Labute approximate surface area is 164 Å². The third kappa shape index (κ3) is 4.08. The highest BCUT2D eigenvalue weighted by atomic mass is 35.5. The summed E-state index contributed by atoms with van der Waals surface area (Å²) in [7, 11) is 0. The molecule has 0 radical (unpaired) electrons. The molecule has 1 saturated heterocycles. The number of hydrogen-bond donors (Lipinski definition) is 2. The Kier molecular flexibility index (Phi) is 5.64. The summed E-state index contributed by atoms with van der Waals surface area (Å²) in [6.07, 6.45) is 2.43. The van der Waals surface area contributed by atoms with E-state index < -0.39 is 0 Å². The lowest BCUT2D eigenvalue weighted by Gasteiger charge is -2.34. The van der Waals surface area contributed by atoms with Gasteiger partial charge in [-0.2, -0.15) is 0 Å². The molecule has 1 fully saturated rings. The van der Waals surface area contributed by atoms with Gasteiger partial charge < -0.3 is 16.0 Å². The number of carbonyl (C=O) groups is 1. The smallest absolute Gasteiger partial charge is 0.255 e. The van der Waals surface area contributed by atoms with Crippen molar-refractivity contribution in [1.82, 2.24) is 0 Å². The van der Waals surface area contributed by atoms with Crippen molar-refractivity contribution in [2.75, 3.05) is 29.0 Å². The number of nitrogens with two attached hydrogens (primary N) is 1. The number of amides is 1. The highest BCUT2D eigenvalue weighted by molar-refractivity contribution is 6.42. The Morgan fingerprint density at radius 3 is 2.69 bits per heavy atom. The standard InChI is InChI=1S/C20H23Cl2N3O/c1-12-4-3-7-25(11-12)19-10-18(17(23)8-13(19)2)24-20(26)14-5-6-15(21)16(22)9-14/h5-6,8-10,12H,3-4,7,11,23H2,1-2H3,(H,24,26)/t12-/m0/s1. The van der Waals surface area contributed by atoms with Crippen LogP contribution in [-0.4, -0.2) is 19.0 Å². The van der Waals surface area contributed by atoms with Crippen molar-refractivity contribution in [3.05, 3.63) is 51.5 Å². The van der Waals surface area contributed by atoms with E-state index in [0.717, 1.165) is 24.3 Å². The zero-order chi connectivity index (χ0) is 18.8. The molecule has 0 unspecified atom stereocenters. The first-order chi connectivity index (χ1) is 12.3. The van der Waals surface area contributed by atoms with Crippen LogP contribution in [0.15, 0.2) is 30.3 Å². The van der Waals surface area contributed by atoms with Gasteiger partial charge in [-0.3, -0.25) is 4.79 Å². The molecule has 1 amide bonds. The zero-order valence-electron chi connectivity index (χ0n) is 15.0. The van der Waals surface area contributed by atoms with E-state index in [4.69, 9.17) is 28.9 Å². The molecule has 0 saturated carbocycles. The molecule has 2 aromatic carbocycles. The molecule has 0 aliphatic carbocycles. The van der Waals surface area contributed by atoms with Crippen LogP contribution < -0.4 is 16.0 Å². The summed E-state index contributed by atoms with van der Waals surface area (Å²) in [6.45, 7) is 6.36. The number of rotatable bonds is 3. The summed E-state index contributed by atoms with van der Waals surface area (Å²) in [4.78, 5) is 14.9. The van der Waals surface area contributed by atoms with Gasteiger partial charge in [0, 0.05) is 24.3 Å². The first-order valence-electron chi connectivity index (χ1n) is 8.76. The van der Waals surface area contributed by atoms with Gasteiger partial charge in [0.1, 0.15) is 0 Å². The number of nitrogen functional groups attached to an aromatic ring is 1. The number of aryl methyl sites for hydroxylation is 1. The predicted molar refractivity (Wildman–Crippen MR) is 111 cm³/mol. The van der Waals surface area contributed by atoms with Crippen LogP contribution in [0.3, 0.4) is 0 Å². The van der Waals surface area contributed by atoms with Gasteiger partial charge >= 0.3 is 0 Å². The first-order valence-corrected chi connectivity index (χ1v) is 9.52. The van der Waals surface area contributed by atoms with Gasteiger partial charge in [0.25, 0.3) is 5.91 Å². The quantitative estimate of drug-likeness (QED) is 0.691. The van der Waals surface area contributed by atoms with Crippen molar-refractivity contribution in [3.63, 3.8) is 0 Å². The maximum atomic E-state index is 12.6. The minimum Gasteiger partial charge on any atom is -0.397 e. The highest BCUT2D eigenvalue weighted by Crippen LogP contribution is 2.33. The van der Waals surface area contributed by atoms with Gasteiger partial charge in [-0.25, -0.2) is 0 Å². The molecule has 0 bridgehead atoms. The van der Waals surface area contributed by atoms with Gasteiger partial charge in [-0.05, 0) is 61.6 Å². The fourth-order valence-electron chi connectivity index (χ4n) is 3.41. The molecule has 1 aliphatic heterocycles. The van der Waals surface area contributed by atoms with Crippen molar-refractivity contribution in [1.29, 1.82) is 0 Å². The van der Waals surface area contributed by atoms with E-state index in [2.05, 4.69) is 24.1 Å². The molecule has 2 aromatic rings. The maximum absolute atomic E-state index is 12.6. The van der Waals surface area contributed by atoms with Crippen LogP contribution in [0.2, 0.25) is 10.0 Å². The number of halogens is 2. The molecule has 0 aromatic heterocycles. The summed E-state index contributed by atoms with van der Waals surface area (Å²) >= 11 is 11.9. The summed E-state index contributed by atoms with van der Waals surface area (Å²) in [5.74, 6) is 0.395. The summed E-state index contributed by atoms with van der Waals surface area (Å²) < 4.78 is 0. The molecule has 1 heterocycles. The van der Waals surface area contributed by atoms with Crippen molar-refractivity contribution >= 4 is 46.2 Å². The van der Waals surface area contributed by atoms with Crippen LogP contribution in [0.1, 0.15) is 35.7 Å². The molecule has 1 atom stereocenters. The zero-order valence-corrected chi connectivity index (χ0v) is 16.5. The van der Waals surface area contributed by atoms with Crippen molar-refractivity contribution in [2.45, 2.75) is 26.7 Å². The van der Waals surface area contributed by atoms with E-state index in [-0.39, 0.29) is 5.91 Å². The Hall–Kier alpha value is -1.91. The SMILES string of the molecule is Cc1cc(N)c(NC(=O)c2ccc(Cl)c(Cl)c2)cc1N1CCC[C@H](C)C1. The second kappa shape index (κ2) is 7.77. The molecule has 3 rings (SSSR count). The largest absolute Gasteiger partial charge is 0.397 e. The Balaban J connectivity index is 1.86. The van der Waals surface area contributed by atoms with E-state index in [1.165, 1.54) is 12.8 Å². The van der Waals surface area contributed by atoms with Gasteiger partial charge in [0.15, 0.2) is 0 Å². The normalized spacial score (nSPS) is 17.2. The van der Waals surface area contributed by atoms with Crippen LogP contribution >= 0.6 is 23.2 Å². The minimum absolute atomic E-state index is 0.267. The minimum atomic E-state index is -0.267. The molecule has 26 heavy (non-hydrogen) atoms. The number of nitrogens with one attached hydrogen (secondary N) is 1. The molecule has 6 heteroatoms. The van der Waals surface area contributed by atoms with E-state index in [9.17, 15) is 4.79 Å². The van der Waals surface area contributed by atoms with Crippen LogP contribution in [0.5, 0.6) is 0 Å². The van der Waals surface area contributed by atoms with Gasteiger partial charge in [0.2, 0.25) is 0 Å². The summed E-state index contributed by atoms with van der Waals surface area (Å²) in [5, 5.41) is 3.66. The number of piperidine rings is 1. The van der Waals surface area contributed by atoms with Crippen molar-refractivity contribution < 1.29 is 4.79 Å². The van der Waals surface area contributed by atoms with Crippen molar-refractivity contribution in [3.8, 4) is 0 Å². The number of hydrogen-bond acceptors (Lipinski definition) is 3. The van der Waals surface area contributed by atoms with E-state index in [1.54, 1.807) is 18.2 Å². The Bertz CT molecular complexity index is 838. The fourth-order valence-corrected chi connectivity index (χ4v) is 3.71. The third-order valence-electron chi connectivity index (χ3n) is 4.80. The molecular formula is C20H23Cl2N3O. The van der Waals surface area contributed by atoms with Crippen LogP contribution in [-0.2, 0) is 0 Å². The maximum Gasteiger partial charge on any atom is 0.255 e. The monoisotopic (exact) mass is 391 g/mol.